The summed E-state index contributed by atoms with van der Waals surface area (Å²) in [7, 11) is 1.78. The van der Waals surface area contributed by atoms with Gasteiger partial charge in [-0.1, -0.05) is 48.0 Å². The molecule has 0 radical (unpaired) electrons. The minimum atomic E-state index is -0.374. The van der Waals surface area contributed by atoms with Crippen molar-refractivity contribution in [3.63, 3.8) is 0 Å². The molecule has 0 spiro atoms. The molecule has 34 heavy (non-hydrogen) atoms. The van der Waals surface area contributed by atoms with E-state index in [9.17, 15) is 9.59 Å². The third-order valence-corrected chi connectivity index (χ3v) is 5.50. The van der Waals surface area contributed by atoms with Crippen molar-refractivity contribution in [2.24, 2.45) is 10.9 Å². The fourth-order valence-corrected chi connectivity index (χ4v) is 3.24. The Morgan fingerprint density at radius 2 is 1.62 bits per heavy atom. The van der Waals surface area contributed by atoms with Gasteiger partial charge in [0.05, 0.1) is 0 Å². The maximum Gasteiger partial charge on any atom is 0.306 e. The van der Waals surface area contributed by atoms with Crippen LogP contribution in [0, 0.1) is 5.92 Å². The summed E-state index contributed by atoms with van der Waals surface area (Å²) in [5.74, 6) is 0.526. The van der Waals surface area contributed by atoms with E-state index in [1.165, 1.54) is 37.0 Å². The summed E-state index contributed by atoms with van der Waals surface area (Å²) in [5.41, 5.74) is 2.46. The lowest BCUT2D eigenvalue weighted by Gasteiger charge is -2.21. The molecule has 0 bridgehead atoms. The largest absolute Gasteiger partial charge is 0.460 e. The molecule has 0 saturated heterocycles. The molecular weight excluding hydrogens is 424 g/mol. The summed E-state index contributed by atoms with van der Waals surface area (Å²) in [4.78, 5) is 28.5. The second kappa shape index (κ2) is 21.9. The molecule has 2 aliphatic rings. The lowest BCUT2D eigenvalue weighted by molar-refractivity contribution is -0.156. The Morgan fingerprint density at radius 3 is 2.06 bits per heavy atom. The van der Waals surface area contributed by atoms with Gasteiger partial charge in [-0.3, -0.25) is 14.6 Å². The summed E-state index contributed by atoms with van der Waals surface area (Å²) in [6, 6.07) is 0. The minimum Gasteiger partial charge on any atom is -0.460 e. The van der Waals surface area contributed by atoms with Crippen molar-refractivity contribution in [2.75, 3.05) is 13.6 Å². The van der Waals surface area contributed by atoms with Gasteiger partial charge in [0.25, 0.3) is 0 Å². The second-order valence-corrected chi connectivity index (χ2v) is 9.52. The topological polar surface area (TPSA) is 59.0 Å². The van der Waals surface area contributed by atoms with E-state index in [1.54, 1.807) is 18.9 Å². The molecule has 0 aromatic rings. The van der Waals surface area contributed by atoms with Crippen LogP contribution in [0.5, 0.6) is 0 Å². The van der Waals surface area contributed by atoms with Gasteiger partial charge in [0, 0.05) is 38.8 Å². The summed E-state index contributed by atoms with van der Waals surface area (Å²) >= 11 is 0. The minimum absolute atomic E-state index is 0. The molecule has 1 atom stereocenters. The standard InChI is InChI=1S/C17H27NO2.C5H11NO.C4H10.C2H6.CH4/c1-17(2,3)20-16(19)12-13-7-9-14-6-4-5-11-18-15(14)10-8-13;1-4-6(3)5(2)7;1-3-4-2;1-2;/h11,13H,4-10,12H2,1-3H3;4H2,1-3H3;3-4H2,1-2H3;1-2H3;1H4. The van der Waals surface area contributed by atoms with Gasteiger partial charge in [0.2, 0.25) is 5.91 Å². The third kappa shape index (κ3) is 19.8. The second-order valence-electron chi connectivity index (χ2n) is 9.52. The summed E-state index contributed by atoms with van der Waals surface area (Å²) in [6.07, 6.45) is 13.1. The van der Waals surface area contributed by atoms with Crippen molar-refractivity contribution in [2.45, 2.75) is 140 Å². The van der Waals surface area contributed by atoms with Gasteiger partial charge in [-0.15, -0.1) is 0 Å². The number of hydrogen-bond donors (Lipinski definition) is 0. The summed E-state index contributed by atoms with van der Waals surface area (Å²) in [5, 5.41) is 0. The molecule has 0 fully saturated rings. The first-order valence-electron chi connectivity index (χ1n) is 13.2. The van der Waals surface area contributed by atoms with Crippen LogP contribution in [0.2, 0.25) is 0 Å². The number of ether oxygens (including phenoxy) is 1. The maximum atomic E-state index is 11.9. The van der Waals surface area contributed by atoms with E-state index < -0.39 is 0 Å². The first-order chi connectivity index (χ1) is 15.5. The predicted molar refractivity (Wildman–Crippen MR) is 149 cm³/mol. The van der Waals surface area contributed by atoms with Crippen LogP contribution in [0.25, 0.3) is 0 Å². The number of allylic oxidation sites excluding steroid dienone is 2. The van der Waals surface area contributed by atoms with Crippen molar-refractivity contribution in [3.8, 4) is 0 Å². The molecule has 202 valence electrons. The molecule has 1 aliphatic heterocycles. The highest BCUT2D eigenvalue weighted by atomic mass is 16.6. The van der Waals surface area contributed by atoms with Gasteiger partial charge >= 0.3 is 5.97 Å². The smallest absolute Gasteiger partial charge is 0.306 e. The van der Waals surface area contributed by atoms with Crippen molar-refractivity contribution in [1.82, 2.24) is 4.90 Å². The van der Waals surface area contributed by atoms with Crippen LogP contribution in [0.15, 0.2) is 16.3 Å². The Morgan fingerprint density at radius 1 is 1.06 bits per heavy atom. The third-order valence-electron chi connectivity index (χ3n) is 5.50. The van der Waals surface area contributed by atoms with E-state index in [2.05, 4.69) is 25.1 Å². The number of nitrogens with zero attached hydrogens (tertiary/aromatic N) is 2. The Bertz CT molecular complexity index is 587. The Hall–Kier alpha value is -1.65. The van der Waals surface area contributed by atoms with Crippen molar-refractivity contribution < 1.29 is 14.3 Å². The molecule has 1 heterocycles. The van der Waals surface area contributed by atoms with Crippen LogP contribution in [-0.2, 0) is 14.3 Å². The summed E-state index contributed by atoms with van der Waals surface area (Å²) in [6.45, 7) is 18.4. The van der Waals surface area contributed by atoms with Crippen LogP contribution in [0.3, 0.4) is 0 Å². The fourth-order valence-electron chi connectivity index (χ4n) is 3.24. The number of unbranched alkanes of at least 4 members (excludes halogenated alkanes) is 1. The Kier molecular flexibility index (Phi) is 23.7. The molecule has 0 aromatic carbocycles. The predicted octanol–water partition coefficient (Wildman–Crippen LogP) is 8.37. The summed E-state index contributed by atoms with van der Waals surface area (Å²) < 4.78 is 5.44. The molecule has 2 rings (SSSR count). The molecule has 1 amide bonds. The molecule has 5 nitrogen and oxygen atoms in total. The van der Waals surface area contributed by atoms with E-state index in [0.717, 1.165) is 38.6 Å². The van der Waals surface area contributed by atoms with Gasteiger partial charge in [-0.25, -0.2) is 0 Å². The molecule has 0 saturated carbocycles. The van der Waals surface area contributed by atoms with Gasteiger partial charge in [-0.2, -0.15) is 0 Å². The first kappa shape index (κ1) is 36.9. The molecular formula is C29H58N2O3. The average molecular weight is 483 g/mol. The number of amides is 1. The first-order valence-corrected chi connectivity index (χ1v) is 13.2. The van der Waals surface area contributed by atoms with Crippen LogP contribution >= 0.6 is 0 Å². The lowest BCUT2D eigenvalue weighted by atomic mass is 9.95. The zero-order valence-corrected chi connectivity index (χ0v) is 23.6. The van der Waals surface area contributed by atoms with Crippen LogP contribution in [0.4, 0.5) is 0 Å². The van der Waals surface area contributed by atoms with E-state index >= 15 is 0 Å². The van der Waals surface area contributed by atoms with Gasteiger partial charge < -0.3 is 9.64 Å². The maximum absolute atomic E-state index is 11.9. The Balaban J connectivity index is -0.000000575. The molecule has 5 heteroatoms. The number of esters is 1. The van der Waals surface area contributed by atoms with Crippen molar-refractivity contribution in [1.29, 1.82) is 0 Å². The highest BCUT2D eigenvalue weighted by Gasteiger charge is 2.23. The lowest BCUT2D eigenvalue weighted by Crippen LogP contribution is -2.25. The monoisotopic (exact) mass is 482 g/mol. The van der Waals surface area contributed by atoms with E-state index in [-0.39, 0.29) is 24.9 Å². The molecule has 1 unspecified atom stereocenters. The van der Waals surface area contributed by atoms with Crippen molar-refractivity contribution in [3.05, 3.63) is 11.3 Å². The van der Waals surface area contributed by atoms with Crippen LogP contribution < -0.4 is 0 Å². The molecule has 0 N–H and O–H groups in total. The molecule has 1 aliphatic carbocycles. The fraction of sp³-hybridized carbons (Fsp3) is 0.828. The number of rotatable bonds is 4. The number of carbonyl (C=O) groups is 2. The highest BCUT2D eigenvalue weighted by Crippen LogP contribution is 2.34. The zero-order chi connectivity index (χ0) is 25.9. The zero-order valence-electron chi connectivity index (χ0n) is 23.6. The van der Waals surface area contributed by atoms with Gasteiger partial charge in [0.1, 0.15) is 5.60 Å². The number of aliphatic imine (C=N–C) groups is 1. The normalized spacial score (nSPS) is 16.8. The van der Waals surface area contributed by atoms with Crippen LogP contribution in [0.1, 0.15) is 134 Å². The highest BCUT2D eigenvalue weighted by molar-refractivity contribution is 5.72. The number of hydrogen-bond acceptors (Lipinski definition) is 4. The average Bonchev–Trinajstić information content (AvgIpc) is 3.10. The van der Waals surface area contributed by atoms with E-state index in [0.29, 0.717) is 12.3 Å². The number of carbonyl (C=O) groups excluding carboxylic acids is 2. The van der Waals surface area contributed by atoms with Crippen LogP contribution in [-0.4, -0.2) is 42.2 Å². The van der Waals surface area contributed by atoms with E-state index in [1.807, 2.05) is 41.5 Å². The van der Waals surface area contributed by atoms with Gasteiger partial charge in [-0.05, 0) is 84.1 Å². The van der Waals surface area contributed by atoms with Gasteiger partial charge in [0.15, 0.2) is 0 Å². The van der Waals surface area contributed by atoms with E-state index in [4.69, 9.17) is 4.74 Å². The SMILES string of the molecule is C.CC.CC(C)(C)OC(=O)CC1CCC2=C(CC1)N=CCCC2.CCCC.CCN(C)C(C)=O. The molecule has 0 aromatic heterocycles. The Labute approximate surface area is 212 Å². The van der Waals surface area contributed by atoms with Crippen molar-refractivity contribution >= 4 is 18.1 Å². The quantitative estimate of drug-likeness (QED) is 0.378.